The first kappa shape index (κ1) is 32.0. The van der Waals surface area contributed by atoms with Gasteiger partial charge in [0.25, 0.3) is 5.91 Å². The lowest BCUT2D eigenvalue weighted by atomic mass is 9.83. The molecule has 6 nitrogen and oxygen atoms in total. The summed E-state index contributed by atoms with van der Waals surface area (Å²) in [6.07, 6.45) is 4.35. The van der Waals surface area contributed by atoms with Gasteiger partial charge in [0, 0.05) is 17.6 Å². The molecule has 3 fully saturated rings. The number of aliphatic hydroxyl groups is 1. The molecule has 2 bridgehead atoms. The van der Waals surface area contributed by atoms with Crippen molar-refractivity contribution in [1.29, 1.82) is 0 Å². The number of benzene rings is 2. The fourth-order valence-corrected chi connectivity index (χ4v) is 7.23. The van der Waals surface area contributed by atoms with Crippen LogP contribution in [0.5, 0.6) is 5.75 Å². The second kappa shape index (κ2) is 12.5. The number of hydrogen-bond acceptors (Lipinski definition) is 4. The van der Waals surface area contributed by atoms with Gasteiger partial charge in [0.05, 0.1) is 29.8 Å². The van der Waals surface area contributed by atoms with Crippen LogP contribution in [0.15, 0.2) is 48.0 Å². The molecule has 0 spiro atoms. The maximum atomic E-state index is 13.9. The molecule has 0 aromatic heterocycles. The number of anilines is 1. The average Bonchev–Trinajstić information content (AvgIpc) is 3.68. The predicted octanol–water partition coefficient (Wildman–Crippen LogP) is 7.07. The van der Waals surface area contributed by atoms with Crippen molar-refractivity contribution in [3.05, 3.63) is 70.6 Å². The fraction of sp³-hybridized carbons (Fsp3) is 0.529. The SMILES string of the molecule is COc1ccc(CCC(C)(C)O)cc1C(=O)NC1C2CCC(/C2=C/C2CCCC2)C1C(=O)Nc1ccc(F)c(C(F)(F)F)c1. The molecule has 5 rings (SSSR count). The van der Waals surface area contributed by atoms with E-state index < -0.39 is 46.9 Å². The van der Waals surface area contributed by atoms with Crippen molar-refractivity contribution >= 4 is 17.5 Å². The molecule has 0 heterocycles. The average molecular weight is 617 g/mol. The quantitative estimate of drug-likeness (QED) is 0.208. The number of alkyl halides is 3. The lowest BCUT2D eigenvalue weighted by molar-refractivity contribution is -0.140. The molecule has 3 aliphatic rings. The molecular formula is C34H40F4N2O4. The molecule has 2 aromatic carbocycles. The highest BCUT2D eigenvalue weighted by Crippen LogP contribution is 2.54. The number of methoxy groups -OCH3 is 1. The minimum absolute atomic E-state index is 0.0800. The Morgan fingerprint density at radius 1 is 1.02 bits per heavy atom. The Labute approximate surface area is 255 Å². The smallest absolute Gasteiger partial charge is 0.419 e. The number of hydrogen-bond donors (Lipinski definition) is 3. The van der Waals surface area contributed by atoms with Crippen molar-refractivity contribution in [3.63, 3.8) is 0 Å². The van der Waals surface area contributed by atoms with Crippen molar-refractivity contribution in [3.8, 4) is 5.75 Å². The van der Waals surface area contributed by atoms with Gasteiger partial charge in [-0.2, -0.15) is 13.2 Å². The van der Waals surface area contributed by atoms with E-state index in [4.69, 9.17) is 4.74 Å². The van der Waals surface area contributed by atoms with Gasteiger partial charge in [-0.15, -0.1) is 0 Å². The number of allylic oxidation sites excluding steroid dienone is 1. The standard InChI is InChI=1S/C34H40F4N2O4/c1-33(2,43)15-14-20-8-13-28(44-3)25(17-20)31(41)40-30-23-11-10-22(24(23)16-19-6-4-5-7-19)29(30)32(42)39-21-9-12-27(35)26(18-21)34(36,37)38/h8-9,12-13,16-19,22-23,29-30,43H,4-7,10-11,14-15H2,1-3H3,(H,39,42)(H,40,41)/b24-16-. The number of carbonyl (C=O) groups is 2. The molecule has 10 heteroatoms. The van der Waals surface area contributed by atoms with Gasteiger partial charge in [0.2, 0.25) is 5.91 Å². The summed E-state index contributed by atoms with van der Waals surface area (Å²) in [6, 6.07) is 7.11. The molecule has 238 valence electrons. The molecule has 0 saturated heterocycles. The highest BCUT2D eigenvalue weighted by atomic mass is 19.4. The van der Waals surface area contributed by atoms with E-state index in [9.17, 15) is 32.3 Å². The van der Waals surface area contributed by atoms with E-state index in [1.807, 2.05) is 6.07 Å². The fourth-order valence-electron chi connectivity index (χ4n) is 7.23. The summed E-state index contributed by atoms with van der Waals surface area (Å²) in [5.41, 5.74) is -0.190. The van der Waals surface area contributed by atoms with Gasteiger partial charge in [-0.3, -0.25) is 9.59 Å². The first-order valence-corrected chi connectivity index (χ1v) is 15.3. The van der Waals surface area contributed by atoms with Crippen LogP contribution in [0.1, 0.15) is 80.3 Å². The number of carbonyl (C=O) groups excluding carboxylic acids is 2. The van der Waals surface area contributed by atoms with Crippen LogP contribution in [-0.4, -0.2) is 35.7 Å². The van der Waals surface area contributed by atoms with E-state index in [0.29, 0.717) is 42.2 Å². The third kappa shape index (κ3) is 6.95. The molecule has 2 amide bonds. The summed E-state index contributed by atoms with van der Waals surface area (Å²) >= 11 is 0. The summed E-state index contributed by atoms with van der Waals surface area (Å²) in [4.78, 5) is 27.6. The second-order valence-electron chi connectivity index (χ2n) is 13.1. The van der Waals surface area contributed by atoms with E-state index >= 15 is 0 Å². The van der Waals surface area contributed by atoms with E-state index in [0.717, 1.165) is 55.7 Å². The summed E-state index contributed by atoms with van der Waals surface area (Å²) in [5, 5.41) is 15.9. The van der Waals surface area contributed by atoms with Gasteiger partial charge in [0.1, 0.15) is 11.6 Å². The largest absolute Gasteiger partial charge is 0.496 e. The van der Waals surface area contributed by atoms with E-state index in [-0.39, 0.29) is 17.5 Å². The number of fused-ring (bicyclic) bond motifs is 2. The predicted molar refractivity (Wildman–Crippen MR) is 159 cm³/mol. The van der Waals surface area contributed by atoms with Crippen molar-refractivity contribution < 1.29 is 37.0 Å². The third-order valence-electron chi connectivity index (χ3n) is 9.40. The molecule has 3 N–H and O–H groups in total. The van der Waals surface area contributed by atoms with Gasteiger partial charge >= 0.3 is 6.18 Å². The maximum absolute atomic E-state index is 13.9. The molecule has 3 saturated carbocycles. The van der Waals surface area contributed by atoms with E-state index in [1.165, 1.54) is 7.11 Å². The molecule has 3 aliphatic carbocycles. The molecule has 44 heavy (non-hydrogen) atoms. The molecule has 0 radical (unpaired) electrons. The Kier molecular flexibility index (Phi) is 9.12. The molecule has 0 aliphatic heterocycles. The van der Waals surface area contributed by atoms with Crippen LogP contribution in [0, 0.1) is 29.5 Å². The Morgan fingerprint density at radius 2 is 1.73 bits per heavy atom. The number of halogens is 4. The zero-order valence-electron chi connectivity index (χ0n) is 25.3. The van der Waals surface area contributed by atoms with E-state index in [1.54, 1.807) is 26.0 Å². The Hall–Kier alpha value is -3.40. The van der Waals surface area contributed by atoms with Gasteiger partial charge in [0.15, 0.2) is 0 Å². The van der Waals surface area contributed by atoms with Crippen molar-refractivity contribution in [2.75, 3.05) is 12.4 Å². The van der Waals surface area contributed by atoms with Crippen LogP contribution in [-0.2, 0) is 17.4 Å². The second-order valence-corrected chi connectivity index (χ2v) is 13.1. The Balaban J connectivity index is 1.44. The number of rotatable bonds is 9. The minimum Gasteiger partial charge on any atom is -0.496 e. The Morgan fingerprint density at radius 3 is 2.39 bits per heavy atom. The molecule has 2 aromatic rings. The highest BCUT2D eigenvalue weighted by molar-refractivity contribution is 5.99. The molecule has 4 atom stereocenters. The molecular weight excluding hydrogens is 576 g/mol. The first-order valence-electron chi connectivity index (χ1n) is 15.3. The molecule has 4 unspecified atom stereocenters. The van der Waals surface area contributed by atoms with Crippen molar-refractivity contribution in [2.45, 2.75) is 83.0 Å². The van der Waals surface area contributed by atoms with Crippen LogP contribution in [0.2, 0.25) is 0 Å². The zero-order chi connectivity index (χ0) is 31.8. The summed E-state index contributed by atoms with van der Waals surface area (Å²) in [6.45, 7) is 3.44. The van der Waals surface area contributed by atoms with Crippen molar-refractivity contribution in [1.82, 2.24) is 5.32 Å². The number of nitrogens with one attached hydrogen (secondary N) is 2. The summed E-state index contributed by atoms with van der Waals surface area (Å²) in [5.74, 6) is -2.52. The number of ether oxygens (including phenoxy) is 1. The van der Waals surface area contributed by atoms with Crippen LogP contribution in [0.3, 0.4) is 0 Å². The highest BCUT2D eigenvalue weighted by Gasteiger charge is 2.55. The zero-order valence-corrected chi connectivity index (χ0v) is 25.3. The van der Waals surface area contributed by atoms with Gasteiger partial charge < -0.3 is 20.5 Å². The number of aryl methyl sites for hydroxylation is 1. The van der Waals surface area contributed by atoms with Crippen LogP contribution in [0.25, 0.3) is 0 Å². The van der Waals surface area contributed by atoms with E-state index in [2.05, 4.69) is 16.7 Å². The lowest BCUT2D eigenvalue weighted by Crippen LogP contribution is -2.48. The Bertz CT molecular complexity index is 1430. The first-order chi connectivity index (χ1) is 20.7. The van der Waals surface area contributed by atoms with Gasteiger partial charge in [-0.05, 0) is 100 Å². The van der Waals surface area contributed by atoms with Gasteiger partial charge in [-0.25, -0.2) is 4.39 Å². The topological polar surface area (TPSA) is 87.7 Å². The maximum Gasteiger partial charge on any atom is 0.419 e. The third-order valence-corrected chi connectivity index (χ3v) is 9.40. The summed E-state index contributed by atoms with van der Waals surface area (Å²) < 4.78 is 59.5. The minimum atomic E-state index is -4.91. The van der Waals surface area contributed by atoms with Crippen LogP contribution in [0.4, 0.5) is 23.2 Å². The summed E-state index contributed by atoms with van der Waals surface area (Å²) in [7, 11) is 1.47. The van der Waals surface area contributed by atoms with Gasteiger partial charge in [-0.1, -0.05) is 30.6 Å². The van der Waals surface area contributed by atoms with Crippen LogP contribution >= 0.6 is 0 Å². The number of amides is 2. The van der Waals surface area contributed by atoms with Crippen molar-refractivity contribution in [2.24, 2.45) is 23.7 Å². The lowest BCUT2D eigenvalue weighted by Gasteiger charge is -2.30. The normalized spacial score (nSPS) is 24.6. The van der Waals surface area contributed by atoms with Crippen LogP contribution < -0.4 is 15.4 Å². The monoisotopic (exact) mass is 616 g/mol.